The molecule has 1 fully saturated rings. The second-order valence-corrected chi connectivity index (χ2v) is 4.81. The summed E-state index contributed by atoms with van der Waals surface area (Å²) in [7, 11) is 0. The van der Waals surface area contributed by atoms with E-state index in [4.69, 9.17) is 16.3 Å². The van der Waals surface area contributed by atoms with E-state index < -0.39 is 0 Å². The van der Waals surface area contributed by atoms with Crippen molar-refractivity contribution < 1.29 is 9.53 Å². The summed E-state index contributed by atoms with van der Waals surface area (Å²) in [5.74, 6) is 0.260. The second-order valence-electron chi connectivity index (χ2n) is 4.40. The first-order valence-electron chi connectivity index (χ1n) is 6.30. The van der Waals surface area contributed by atoms with Gasteiger partial charge in [-0.3, -0.25) is 0 Å². The highest BCUT2D eigenvalue weighted by Crippen LogP contribution is 2.26. The molecular formula is C13H17ClN2O2. The molecule has 0 amide bonds. The first kappa shape index (κ1) is 13.1. The van der Waals surface area contributed by atoms with Crippen LogP contribution in [0.1, 0.15) is 43.0 Å². The fraction of sp³-hybridized carbons (Fsp3) is 0.538. The molecular weight excluding hydrogens is 252 g/mol. The van der Waals surface area contributed by atoms with Crippen LogP contribution in [0.3, 0.4) is 0 Å². The van der Waals surface area contributed by atoms with Crippen molar-refractivity contribution in [3.05, 3.63) is 22.8 Å². The van der Waals surface area contributed by atoms with E-state index >= 15 is 0 Å². The molecule has 0 atom stereocenters. The molecule has 4 nitrogen and oxygen atoms in total. The Morgan fingerprint density at radius 1 is 1.56 bits per heavy atom. The number of hydrogen-bond donors (Lipinski definition) is 1. The van der Waals surface area contributed by atoms with Gasteiger partial charge >= 0.3 is 5.97 Å². The molecule has 1 heterocycles. The van der Waals surface area contributed by atoms with Gasteiger partial charge in [0.25, 0.3) is 0 Å². The maximum atomic E-state index is 11.5. The average Bonchev–Trinajstić information content (AvgIpc) is 2.85. The Hall–Kier alpha value is -1.29. The van der Waals surface area contributed by atoms with Crippen molar-refractivity contribution in [1.82, 2.24) is 4.98 Å². The van der Waals surface area contributed by atoms with Gasteiger partial charge in [0.15, 0.2) is 0 Å². The fourth-order valence-corrected chi connectivity index (χ4v) is 2.35. The van der Waals surface area contributed by atoms with Crippen LogP contribution in [0.5, 0.6) is 0 Å². The van der Waals surface area contributed by atoms with Gasteiger partial charge in [0.2, 0.25) is 0 Å². The Morgan fingerprint density at radius 3 is 2.89 bits per heavy atom. The van der Waals surface area contributed by atoms with Crippen molar-refractivity contribution in [1.29, 1.82) is 0 Å². The van der Waals surface area contributed by atoms with Gasteiger partial charge in [-0.1, -0.05) is 24.4 Å². The number of rotatable bonds is 4. The summed E-state index contributed by atoms with van der Waals surface area (Å²) in [4.78, 5) is 15.7. The molecule has 0 bridgehead atoms. The molecule has 0 spiro atoms. The van der Waals surface area contributed by atoms with Crippen molar-refractivity contribution >= 4 is 23.4 Å². The lowest BCUT2D eigenvalue weighted by Crippen LogP contribution is -2.16. The minimum Gasteiger partial charge on any atom is -0.462 e. The Labute approximate surface area is 112 Å². The van der Waals surface area contributed by atoms with Gasteiger partial charge in [0, 0.05) is 12.2 Å². The molecule has 2 rings (SSSR count). The number of halogens is 1. The zero-order valence-electron chi connectivity index (χ0n) is 10.4. The number of ether oxygens (including phenoxy) is 1. The lowest BCUT2D eigenvalue weighted by Gasteiger charge is -2.14. The van der Waals surface area contributed by atoms with Crippen molar-refractivity contribution in [2.75, 3.05) is 11.9 Å². The predicted octanol–water partition coefficient (Wildman–Crippen LogP) is 3.27. The minimum absolute atomic E-state index is 0.346. The summed E-state index contributed by atoms with van der Waals surface area (Å²) in [6.45, 7) is 2.11. The molecule has 1 aromatic rings. The van der Waals surface area contributed by atoms with Gasteiger partial charge < -0.3 is 10.1 Å². The van der Waals surface area contributed by atoms with Crippen LogP contribution < -0.4 is 5.32 Å². The molecule has 0 unspecified atom stereocenters. The molecule has 0 aromatic carbocycles. The van der Waals surface area contributed by atoms with E-state index in [9.17, 15) is 4.79 Å². The standard InChI is InChI=1S/C13H17ClN2O2/c1-2-18-13(17)9-7-11(14)12(15-8-9)16-10-5-3-4-6-10/h7-8,10H,2-6H2,1H3,(H,15,16). The SMILES string of the molecule is CCOC(=O)c1cnc(NC2CCCC2)c(Cl)c1. The fourth-order valence-electron chi connectivity index (χ4n) is 2.13. The average molecular weight is 269 g/mol. The van der Waals surface area contributed by atoms with Crippen LogP contribution in [0.25, 0.3) is 0 Å². The predicted molar refractivity (Wildman–Crippen MR) is 71.1 cm³/mol. The third-order valence-electron chi connectivity index (χ3n) is 3.05. The van der Waals surface area contributed by atoms with E-state index in [1.807, 2.05) is 0 Å². The topological polar surface area (TPSA) is 51.2 Å². The molecule has 18 heavy (non-hydrogen) atoms. The summed E-state index contributed by atoms with van der Waals surface area (Å²) >= 11 is 6.12. The van der Waals surface area contributed by atoms with Crippen LogP contribution in [-0.2, 0) is 4.74 Å². The molecule has 1 aliphatic rings. The third kappa shape index (κ3) is 3.13. The molecule has 1 aliphatic carbocycles. The number of esters is 1. The lowest BCUT2D eigenvalue weighted by atomic mass is 10.2. The van der Waals surface area contributed by atoms with Gasteiger partial charge in [-0.2, -0.15) is 0 Å². The zero-order valence-corrected chi connectivity index (χ0v) is 11.2. The number of hydrogen-bond acceptors (Lipinski definition) is 4. The van der Waals surface area contributed by atoms with Crippen LogP contribution in [-0.4, -0.2) is 23.6 Å². The molecule has 1 saturated carbocycles. The van der Waals surface area contributed by atoms with Crippen LogP contribution in [0, 0.1) is 0 Å². The Kier molecular flexibility index (Phi) is 4.42. The zero-order chi connectivity index (χ0) is 13.0. The lowest BCUT2D eigenvalue weighted by molar-refractivity contribution is 0.0526. The van der Waals surface area contributed by atoms with Gasteiger partial charge in [-0.05, 0) is 25.8 Å². The highest BCUT2D eigenvalue weighted by Gasteiger charge is 2.17. The van der Waals surface area contributed by atoms with Gasteiger partial charge in [0.1, 0.15) is 5.82 Å². The number of carbonyl (C=O) groups is 1. The molecule has 1 aromatic heterocycles. The van der Waals surface area contributed by atoms with E-state index in [0.29, 0.717) is 29.1 Å². The third-order valence-corrected chi connectivity index (χ3v) is 3.34. The summed E-state index contributed by atoms with van der Waals surface area (Å²) < 4.78 is 4.90. The number of pyridine rings is 1. The van der Waals surface area contributed by atoms with Crippen molar-refractivity contribution in [3.8, 4) is 0 Å². The molecule has 0 saturated heterocycles. The summed E-state index contributed by atoms with van der Waals surface area (Å²) in [6.07, 6.45) is 6.29. The van der Waals surface area contributed by atoms with Crippen LogP contribution in [0.4, 0.5) is 5.82 Å². The number of carbonyl (C=O) groups excluding carboxylic acids is 1. The maximum Gasteiger partial charge on any atom is 0.339 e. The summed E-state index contributed by atoms with van der Waals surface area (Å²) in [6, 6.07) is 2.05. The summed E-state index contributed by atoms with van der Waals surface area (Å²) in [5, 5.41) is 3.78. The molecule has 0 aliphatic heterocycles. The molecule has 0 radical (unpaired) electrons. The van der Waals surface area contributed by atoms with Crippen molar-refractivity contribution in [2.45, 2.75) is 38.6 Å². The second kappa shape index (κ2) is 6.05. The Bertz CT molecular complexity index is 431. The molecule has 5 heteroatoms. The number of anilines is 1. The first-order valence-corrected chi connectivity index (χ1v) is 6.67. The van der Waals surface area contributed by atoms with Gasteiger partial charge in [-0.15, -0.1) is 0 Å². The summed E-state index contributed by atoms with van der Waals surface area (Å²) in [5.41, 5.74) is 0.388. The van der Waals surface area contributed by atoms with Gasteiger partial charge in [0.05, 0.1) is 17.2 Å². The normalized spacial score (nSPS) is 15.7. The number of nitrogens with one attached hydrogen (secondary N) is 1. The van der Waals surface area contributed by atoms with E-state index in [1.54, 1.807) is 13.0 Å². The number of nitrogens with zero attached hydrogens (tertiary/aromatic N) is 1. The molecule has 1 N–H and O–H groups in total. The Balaban J connectivity index is 2.06. The first-order chi connectivity index (χ1) is 8.70. The minimum atomic E-state index is -0.390. The van der Waals surface area contributed by atoms with Gasteiger partial charge in [-0.25, -0.2) is 9.78 Å². The van der Waals surface area contributed by atoms with E-state index in [2.05, 4.69) is 10.3 Å². The van der Waals surface area contributed by atoms with E-state index in [1.165, 1.54) is 19.0 Å². The highest BCUT2D eigenvalue weighted by molar-refractivity contribution is 6.33. The van der Waals surface area contributed by atoms with E-state index in [0.717, 1.165) is 12.8 Å². The Morgan fingerprint density at radius 2 is 2.28 bits per heavy atom. The quantitative estimate of drug-likeness (QED) is 0.852. The van der Waals surface area contributed by atoms with Crippen molar-refractivity contribution in [3.63, 3.8) is 0 Å². The number of aromatic nitrogens is 1. The van der Waals surface area contributed by atoms with Crippen LogP contribution >= 0.6 is 11.6 Å². The monoisotopic (exact) mass is 268 g/mol. The van der Waals surface area contributed by atoms with Crippen molar-refractivity contribution in [2.24, 2.45) is 0 Å². The molecule has 98 valence electrons. The van der Waals surface area contributed by atoms with Crippen LogP contribution in [0.2, 0.25) is 5.02 Å². The van der Waals surface area contributed by atoms with E-state index in [-0.39, 0.29) is 5.97 Å². The largest absolute Gasteiger partial charge is 0.462 e. The maximum absolute atomic E-state index is 11.5. The highest BCUT2D eigenvalue weighted by atomic mass is 35.5. The van der Waals surface area contributed by atoms with Crippen LogP contribution in [0.15, 0.2) is 12.3 Å². The smallest absolute Gasteiger partial charge is 0.339 e.